The van der Waals surface area contributed by atoms with Crippen molar-refractivity contribution in [1.82, 2.24) is 14.7 Å². The van der Waals surface area contributed by atoms with Gasteiger partial charge in [-0.05, 0) is 37.3 Å². The van der Waals surface area contributed by atoms with Crippen molar-refractivity contribution in [1.29, 1.82) is 0 Å². The third kappa shape index (κ3) is 4.92. The van der Waals surface area contributed by atoms with E-state index in [4.69, 9.17) is 0 Å². The van der Waals surface area contributed by atoms with Crippen molar-refractivity contribution < 1.29 is 14.4 Å². The molecule has 0 aliphatic carbocycles. The SMILES string of the molecule is CCc1ccccc1N1CC(C(=O)N2CCN(CC(=O)N3CCCCC3)CC2)CC1=O. The highest BCUT2D eigenvalue weighted by atomic mass is 16.2. The predicted molar refractivity (Wildman–Crippen MR) is 120 cm³/mol. The third-order valence-corrected chi connectivity index (χ3v) is 6.89. The number of piperidine rings is 1. The number of carbonyl (C=O) groups excluding carboxylic acids is 3. The molecule has 3 aliphatic rings. The van der Waals surface area contributed by atoms with Gasteiger partial charge < -0.3 is 14.7 Å². The van der Waals surface area contributed by atoms with Gasteiger partial charge in [-0.2, -0.15) is 0 Å². The molecule has 0 bridgehead atoms. The van der Waals surface area contributed by atoms with E-state index in [0.717, 1.165) is 43.6 Å². The Morgan fingerprint density at radius 2 is 1.65 bits per heavy atom. The van der Waals surface area contributed by atoms with Gasteiger partial charge in [-0.1, -0.05) is 25.1 Å². The fraction of sp³-hybridized carbons (Fsp3) is 0.625. The molecule has 168 valence electrons. The van der Waals surface area contributed by atoms with Gasteiger partial charge in [-0.25, -0.2) is 0 Å². The molecule has 0 radical (unpaired) electrons. The summed E-state index contributed by atoms with van der Waals surface area (Å²) in [6.45, 7) is 7.44. The molecule has 0 aromatic heterocycles. The Hall–Kier alpha value is -2.41. The van der Waals surface area contributed by atoms with E-state index in [1.165, 1.54) is 6.42 Å². The lowest BCUT2D eigenvalue weighted by molar-refractivity contribution is -0.138. The number of likely N-dealkylation sites (tertiary alicyclic amines) is 1. The van der Waals surface area contributed by atoms with Gasteiger partial charge in [0.2, 0.25) is 17.7 Å². The van der Waals surface area contributed by atoms with Crippen LogP contribution in [0.15, 0.2) is 24.3 Å². The van der Waals surface area contributed by atoms with Gasteiger partial charge in [0, 0.05) is 57.9 Å². The van der Waals surface area contributed by atoms with E-state index in [1.807, 2.05) is 34.1 Å². The number of para-hydroxylation sites is 1. The lowest BCUT2D eigenvalue weighted by Gasteiger charge is -2.37. The maximum absolute atomic E-state index is 13.1. The Bertz CT molecular complexity index is 813. The number of nitrogens with zero attached hydrogens (tertiary/aromatic N) is 4. The topological polar surface area (TPSA) is 64.2 Å². The molecular formula is C24H34N4O3. The van der Waals surface area contributed by atoms with Gasteiger partial charge >= 0.3 is 0 Å². The van der Waals surface area contributed by atoms with Crippen LogP contribution in [0, 0.1) is 5.92 Å². The van der Waals surface area contributed by atoms with Crippen LogP contribution in [0.2, 0.25) is 0 Å². The van der Waals surface area contributed by atoms with Crippen LogP contribution < -0.4 is 4.90 Å². The van der Waals surface area contributed by atoms with Crippen molar-refractivity contribution in [2.75, 3.05) is 57.3 Å². The lowest BCUT2D eigenvalue weighted by Crippen LogP contribution is -2.53. The Morgan fingerprint density at radius 3 is 2.35 bits per heavy atom. The minimum atomic E-state index is -0.279. The summed E-state index contributed by atoms with van der Waals surface area (Å²) in [6, 6.07) is 7.95. The first-order chi connectivity index (χ1) is 15.1. The monoisotopic (exact) mass is 426 g/mol. The number of aryl methyl sites for hydroxylation is 1. The summed E-state index contributed by atoms with van der Waals surface area (Å²) in [4.78, 5) is 46.1. The van der Waals surface area contributed by atoms with Crippen LogP contribution in [0.5, 0.6) is 0 Å². The molecule has 1 unspecified atom stereocenters. The number of hydrogen-bond donors (Lipinski definition) is 0. The minimum Gasteiger partial charge on any atom is -0.342 e. The molecular weight excluding hydrogens is 392 g/mol. The molecule has 31 heavy (non-hydrogen) atoms. The van der Waals surface area contributed by atoms with Gasteiger partial charge in [0.1, 0.15) is 0 Å². The molecule has 1 aromatic carbocycles. The van der Waals surface area contributed by atoms with Crippen molar-refractivity contribution in [2.24, 2.45) is 5.92 Å². The van der Waals surface area contributed by atoms with Crippen LogP contribution in [0.3, 0.4) is 0 Å². The summed E-state index contributed by atoms with van der Waals surface area (Å²) >= 11 is 0. The summed E-state index contributed by atoms with van der Waals surface area (Å²) in [7, 11) is 0. The summed E-state index contributed by atoms with van der Waals surface area (Å²) in [5.41, 5.74) is 2.07. The molecule has 0 saturated carbocycles. The van der Waals surface area contributed by atoms with Gasteiger partial charge in [-0.15, -0.1) is 0 Å². The lowest BCUT2D eigenvalue weighted by atomic mass is 10.1. The highest BCUT2D eigenvalue weighted by Gasteiger charge is 2.38. The summed E-state index contributed by atoms with van der Waals surface area (Å²) in [5, 5.41) is 0. The second kappa shape index (κ2) is 9.81. The average molecular weight is 427 g/mol. The molecule has 3 amide bonds. The van der Waals surface area contributed by atoms with Crippen LogP contribution in [0.4, 0.5) is 5.69 Å². The number of rotatable bonds is 5. The van der Waals surface area contributed by atoms with E-state index >= 15 is 0 Å². The van der Waals surface area contributed by atoms with E-state index < -0.39 is 0 Å². The van der Waals surface area contributed by atoms with Crippen LogP contribution in [-0.4, -0.2) is 84.8 Å². The van der Waals surface area contributed by atoms with Gasteiger partial charge in [0.15, 0.2) is 0 Å². The summed E-state index contributed by atoms with van der Waals surface area (Å²) in [5.74, 6) is 0.0434. The fourth-order valence-electron chi connectivity index (χ4n) is 5.00. The Kier molecular flexibility index (Phi) is 6.90. The van der Waals surface area contributed by atoms with E-state index in [0.29, 0.717) is 39.3 Å². The highest BCUT2D eigenvalue weighted by Crippen LogP contribution is 2.29. The third-order valence-electron chi connectivity index (χ3n) is 6.89. The molecule has 3 heterocycles. The quantitative estimate of drug-likeness (QED) is 0.720. The van der Waals surface area contributed by atoms with Crippen LogP contribution in [0.1, 0.15) is 38.2 Å². The zero-order valence-electron chi connectivity index (χ0n) is 18.6. The average Bonchev–Trinajstić information content (AvgIpc) is 3.21. The van der Waals surface area contributed by atoms with Crippen molar-refractivity contribution in [3.05, 3.63) is 29.8 Å². The Balaban J connectivity index is 1.29. The molecule has 0 spiro atoms. The molecule has 1 atom stereocenters. The molecule has 7 heteroatoms. The Labute approximate surface area is 185 Å². The normalized spacial score (nSPS) is 22.8. The zero-order valence-corrected chi connectivity index (χ0v) is 18.6. The van der Waals surface area contributed by atoms with E-state index in [9.17, 15) is 14.4 Å². The highest BCUT2D eigenvalue weighted by molar-refractivity contribution is 6.00. The zero-order chi connectivity index (χ0) is 21.8. The maximum atomic E-state index is 13.1. The first-order valence-corrected chi connectivity index (χ1v) is 11.7. The van der Waals surface area contributed by atoms with Crippen molar-refractivity contribution in [3.8, 4) is 0 Å². The number of piperazine rings is 1. The first-order valence-electron chi connectivity index (χ1n) is 11.7. The van der Waals surface area contributed by atoms with E-state index in [1.54, 1.807) is 4.90 Å². The molecule has 7 nitrogen and oxygen atoms in total. The van der Waals surface area contributed by atoms with Crippen LogP contribution in [0.25, 0.3) is 0 Å². The predicted octanol–water partition coefficient (Wildman–Crippen LogP) is 1.76. The number of benzene rings is 1. The smallest absolute Gasteiger partial charge is 0.236 e. The number of hydrogen-bond acceptors (Lipinski definition) is 4. The van der Waals surface area contributed by atoms with Crippen molar-refractivity contribution >= 4 is 23.4 Å². The molecule has 3 aliphatic heterocycles. The maximum Gasteiger partial charge on any atom is 0.236 e. The van der Waals surface area contributed by atoms with Crippen LogP contribution >= 0.6 is 0 Å². The second-order valence-corrected chi connectivity index (χ2v) is 8.93. The van der Waals surface area contributed by atoms with Crippen molar-refractivity contribution in [2.45, 2.75) is 39.0 Å². The number of anilines is 1. The fourth-order valence-corrected chi connectivity index (χ4v) is 5.00. The summed E-state index contributed by atoms with van der Waals surface area (Å²) < 4.78 is 0. The molecule has 3 fully saturated rings. The van der Waals surface area contributed by atoms with Gasteiger partial charge in [-0.3, -0.25) is 19.3 Å². The Morgan fingerprint density at radius 1 is 0.935 bits per heavy atom. The van der Waals surface area contributed by atoms with E-state index in [-0.39, 0.29) is 30.1 Å². The second-order valence-electron chi connectivity index (χ2n) is 8.93. The number of carbonyl (C=O) groups is 3. The van der Waals surface area contributed by atoms with Crippen LogP contribution in [-0.2, 0) is 20.8 Å². The van der Waals surface area contributed by atoms with Gasteiger partial charge in [0.05, 0.1) is 12.5 Å². The number of amides is 3. The van der Waals surface area contributed by atoms with Crippen molar-refractivity contribution in [3.63, 3.8) is 0 Å². The standard InChI is InChI=1S/C24H34N4O3/c1-2-19-8-4-5-9-21(19)28-17-20(16-22(28)29)24(31)27-14-12-25(13-15-27)18-23(30)26-10-6-3-7-11-26/h4-5,8-9,20H,2-3,6-7,10-18H2,1H3. The first kappa shape index (κ1) is 21.8. The van der Waals surface area contributed by atoms with Gasteiger partial charge in [0.25, 0.3) is 0 Å². The molecule has 4 rings (SSSR count). The van der Waals surface area contributed by atoms with E-state index in [2.05, 4.69) is 11.8 Å². The largest absolute Gasteiger partial charge is 0.342 e. The summed E-state index contributed by atoms with van der Waals surface area (Å²) in [6.07, 6.45) is 4.57. The minimum absolute atomic E-state index is 0.0324. The molecule has 0 N–H and O–H groups in total. The molecule has 1 aromatic rings. The molecule has 3 saturated heterocycles.